The van der Waals surface area contributed by atoms with Gasteiger partial charge in [-0.05, 0) is 6.92 Å². The molecule has 0 aliphatic rings. The summed E-state index contributed by atoms with van der Waals surface area (Å²) in [6.07, 6.45) is 6.43. The molecule has 0 aliphatic heterocycles. The number of aryl methyl sites for hydroxylation is 1. The van der Waals surface area contributed by atoms with Gasteiger partial charge in [0, 0.05) is 13.2 Å². The van der Waals surface area contributed by atoms with Crippen LogP contribution in [0.25, 0.3) is 0 Å². The Kier molecular flexibility index (Phi) is 3.24. The Bertz CT molecular complexity index is 423. The summed E-state index contributed by atoms with van der Waals surface area (Å²) < 4.78 is 0. The molecule has 0 saturated carbocycles. The molecule has 0 radical (unpaired) electrons. The molecule has 5 nitrogen and oxygen atoms in total. The Morgan fingerprint density at radius 2 is 2.40 bits per heavy atom. The molecular weight excluding hydrogens is 194 g/mol. The fraction of sp³-hybridized carbons (Fsp3) is 0.300. The number of carboxylic acid groups (broad SMARTS) is 1. The first-order valence-electron chi connectivity index (χ1n) is 4.27. The maximum atomic E-state index is 10.9. The molecule has 1 heterocycles. The van der Waals surface area contributed by atoms with Crippen LogP contribution in [0.1, 0.15) is 16.2 Å². The van der Waals surface area contributed by atoms with E-state index >= 15 is 0 Å². The first-order chi connectivity index (χ1) is 7.06. The lowest BCUT2D eigenvalue weighted by molar-refractivity contribution is 0.0696. The van der Waals surface area contributed by atoms with Gasteiger partial charge >= 0.3 is 5.97 Å². The van der Waals surface area contributed by atoms with E-state index in [9.17, 15) is 4.79 Å². The van der Waals surface area contributed by atoms with Crippen molar-refractivity contribution >= 4 is 11.8 Å². The minimum Gasteiger partial charge on any atom is -0.477 e. The minimum atomic E-state index is -1.06. The van der Waals surface area contributed by atoms with Gasteiger partial charge in [0.05, 0.1) is 6.54 Å². The molecule has 78 valence electrons. The summed E-state index contributed by atoms with van der Waals surface area (Å²) in [7, 11) is 1.69. The van der Waals surface area contributed by atoms with E-state index in [4.69, 9.17) is 11.5 Å². The second-order valence-electron chi connectivity index (χ2n) is 3.02. The molecule has 0 bridgehead atoms. The molecule has 0 saturated heterocycles. The van der Waals surface area contributed by atoms with Crippen molar-refractivity contribution in [3.63, 3.8) is 0 Å². The van der Waals surface area contributed by atoms with E-state index in [-0.39, 0.29) is 5.56 Å². The molecule has 0 amide bonds. The zero-order chi connectivity index (χ0) is 11.4. The first kappa shape index (κ1) is 11.0. The fourth-order valence-electron chi connectivity index (χ4n) is 1.11. The van der Waals surface area contributed by atoms with Gasteiger partial charge < -0.3 is 10.0 Å². The van der Waals surface area contributed by atoms with E-state index in [0.29, 0.717) is 18.2 Å². The highest BCUT2D eigenvalue weighted by Crippen LogP contribution is 2.15. The maximum absolute atomic E-state index is 10.9. The second-order valence-corrected chi connectivity index (χ2v) is 3.02. The van der Waals surface area contributed by atoms with Crippen molar-refractivity contribution in [2.45, 2.75) is 6.92 Å². The number of hydrogen-bond donors (Lipinski definition) is 1. The third-order valence-electron chi connectivity index (χ3n) is 1.81. The Labute approximate surface area is 87.8 Å². The summed E-state index contributed by atoms with van der Waals surface area (Å²) >= 11 is 0. The quantitative estimate of drug-likeness (QED) is 0.730. The van der Waals surface area contributed by atoms with E-state index in [0.717, 1.165) is 0 Å². The molecule has 0 unspecified atom stereocenters. The average Bonchev–Trinajstić information content (AvgIpc) is 2.17. The summed E-state index contributed by atoms with van der Waals surface area (Å²) in [5.41, 5.74) is 0.0540. The predicted molar refractivity (Wildman–Crippen MR) is 55.8 cm³/mol. The van der Waals surface area contributed by atoms with Gasteiger partial charge in [0.15, 0.2) is 0 Å². The number of aromatic nitrogens is 2. The third kappa shape index (κ3) is 2.44. The number of hydrogen-bond acceptors (Lipinski definition) is 4. The zero-order valence-electron chi connectivity index (χ0n) is 8.56. The molecule has 0 fully saturated rings. The van der Waals surface area contributed by atoms with Crippen LogP contribution in [0.5, 0.6) is 0 Å². The third-order valence-corrected chi connectivity index (χ3v) is 1.81. The van der Waals surface area contributed by atoms with Crippen molar-refractivity contribution < 1.29 is 9.90 Å². The van der Waals surface area contributed by atoms with Gasteiger partial charge in [-0.3, -0.25) is 0 Å². The smallest absolute Gasteiger partial charge is 0.341 e. The molecule has 1 aromatic heterocycles. The topological polar surface area (TPSA) is 66.3 Å². The van der Waals surface area contributed by atoms with Gasteiger partial charge in [0.25, 0.3) is 0 Å². The summed E-state index contributed by atoms with van der Waals surface area (Å²) in [6.45, 7) is 2.00. The van der Waals surface area contributed by atoms with Crippen LogP contribution in [-0.2, 0) is 0 Å². The van der Waals surface area contributed by atoms with E-state index in [2.05, 4.69) is 15.9 Å². The summed E-state index contributed by atoms with van der Waals surface area (Å²) in [5, 5.41) is 8.92. The van der Waals surface area contributed by atoms with E-state index in [1.54, 1.807) is 18.9 Å². The van der Waals surface area contributed by atoms with Crippen molar-refractivity contribution in [3.8, 4) is 12.3 Å². The lowest BCUT2D eigenvalue weighted by atomic mass is 10.3. The van der Waals surface area contributed by atoms with Crippen molar-refractivity contribution in [2.24, 2.45) is 0 Å². The molecule has 1 N–H and O–H groups in total. The van der Waals surface area contributed by atoms with Gasteiger partial charge in [0.2, 0.25) is 0 Å². The maximum Gasteiger partial charge on any atom is 0.341 e. The van der Waals surface area contributed by atoms with E-state index < -0.39 is 5.97 Å². The summed E-state index contributed by atoms with van der Waals surface area (Å²) in [5.74, 6) is 2.22. The molecule has 0 aromatic carbocycles. The first-order valence-corrected chi connectivity index (χ1v) is 4.27. The van der Waals surface area contributed by atoms with Crippen molar-refractivity contribution in [3.05, 3.63) is 17.6 Å². The average molecular weight is 205 g/mol. The van der Waals surface area contributed by atoms with Crippen LogP contribution < -0.4 is 4.90 Å². The van der Waals surface area contributed by atoms with Crippen LogP contribution in [0.4, 0.5) is 5.82 Å². The van der Waals surface area contributed by atoms with Gasteiger partial charge in [0.1, 0.15) is 17.2 Å². The van der Waals surface area contributed by atoms with Crippen molar-refractivity contribution in [1.82, 2.24) is 9.97 Å². The van der Waals surface area contributed by atoms with Crippen LogP contribution in [0.15, 0.2) is 6.20 Å². The number of carboxylic acids is 1. The molecule has 0 aliphatic carbocycles. The highest BCUT2D eigenvalue weighted by molar-refractivity contribution is 5.92. The van der Waals surface area contributed by atoms with Gasteiger partial charge in [-0.1, -0.05) is 5.92 Å². The molecular formula is C10H11N3O2. The lowest BCUT2D eigenvalue weighted by Crippen LogP contribution is -2.22. The Morgan fingerprint density at radius 3 is 2.93 bits per heavy atom. The number of terminal acetylenes is 1. The molecule has 0 atom stereocenters. The van der Waals surface area contributed by atoms with Crippen LogP contribution >= 0.6 is 0 Å². The molecule has 1 aromatic rings. The summed E-state index contributed by atoms with van der Waals surface area (Å²) in [6, 6.07) is 0. The molecule has 15 heavy (non-hydrogen) atoms. The van der Waals surface area contributed by atoms with Crippen molar-refractivity contribution in [2.75, 3.05) is 18.5 Å². The Balaban J connectivity index is 3.19. The monoisotopic (exact) mass is 205 g/mol. The number of anilines is 1. The number of aromatic carboxylic acids is 1. The van der Waals surface area contributed by atoms with Crippen LogP contribution in [-0.4, -0.2) is 34.6 Å². The SMILES string of the molecule is C#CCN(C)c1nc(C)ncc1C(=O)O. The van der Waals surface area contributed by atoms with Gasteiger partial charge in [-0.15, -0.1) is 6.42 Å². The number of carbonyl (C=O) groups is 1. The van der Waals surface area contributed by atoms with Gasteiger partial charge in [-0.2, -0.15) is 0 Å². The summed E-state index contributed by atoms with van der Waals surface area (Å²) in [4.78, 5) is 20.4. The highest BCUT2D eigenvalue weighted by atomic mass is 16.4. The zero-order valence-corrected chi connectivity index (χ0v) is 8.56. The minimum absolute atomic E-state index is 0.0540. The second kappa shape index (κ2) is 4.42. The number of nitrogens with zero attached hydrogens (tertiary/aromatic N) is 3. The molecule has 5 heteroatoms. The predicted octanol–water partition coefficient (Wildman–Crippen LogP) is 0.553. The van der Waals surface area contributed by atoms with Crippen LogP contribution in [0.3, 0.4) is 0 Å². The number of rotatable bonds is 3. The lowest BCUT2D eigenvalue weighted by Gasteiger charge is -2.16. The van der Waals surface area contributed by atoms with E-state index in [1.165, 1.54) is 6.20 Å². The van der Waals surface area contributed by atoms with E-state index in [1.807, 2.05) is 0 Å². The Morgan fingerprint density at radius 1 is 1.73 bits per heavy atom. The molecule has 0 spiro atoms. The van der Waals surface area contributed by atoms with Crippen molar-refractivity contribution in [1.29, 1.82) is 0 Å². The van der Waals surface area contributed by atoms with Crippen LogP contribution in [0, 0.1) is 19.3 Å². The highest BCUT2D eigenvalue weighted by Gasteiger charge is 2.15. The van der Waals surface area contributed by atoms with Crippen LogP contribution in [0.2, 0.25) is 0 Å². The molecule has 1 rings (SSSR count). The Hall–Kier alpha value is -2.09. The largest absolute Gasteiger partial charge is 0.477 e. The standard InChI is InChI=1S/C10H11N3O2/c1-4-5-13(3)9-8(10(14)15)6-11-7(2)12-9/h1,6H,5H2,2-3H3,(H,14,15). The fourth-order valence-corrected chi connectivity index (χ4v) is 1.11. The van der Waals surface area contributed by atoms with Gasteiger partial charge in [-0.25, -0.2) is 14.8 Å². The normalized spacial score (nSPS) is 9.40.